The summed E-state index contributed by atoms with van der Waals surface area (Å²) in [5.41, 5.74) is 5.39. The van der Waals surface area contributed by atoms with Gasteiger partial charge in [-0.25, -0.2) is 0 Å². The van der Waals surface area contributed by atoms with Crippen LogP contribution in [0.5, 0.6) is 0 Å². The fourth-order valence-corrected chi connectivity index (χ4v) is 1.62. The van der Waals surface area contributed by atoms with Gasteiger partial charge in [0.25, 0.3) is 0 Å². The minimum absolute atomic E-state index is 0.511. The lowest BCUT2D eigenvalue weighted by Gasteiger charge is -2.21. The van der Waals surface area contributed by atoms with Crippen LogP contribution in [0.25, 0.3) is 0 Å². The Morgan fingerprint density at radius 3 is 1.15 bits per heavy atom. The molecule has 0 fully saturated rings. The fraction of sp³-hybridized carbons (Fsp3) is 0.667. The first-order valence-corrected chi connectivity index (χ1v) is 8.06. The average molecular weight is 373 g/mol. The Balaban J connectivity index is 4.54. The highest BCUT2D eigenvalue weighted by Gasteiger charge is 2.25. The summed E-state index contributed by atoms with van der Waals surface area (Å²) in [6, 6.07) is -4.77. The van der Waals surface area contributed by atoms with Crippen molar-refractivity contribution in [3.63, 3.8) is 0 Å². The first kappa shape index (κ1) is 23.3. The zero-order valence-corrected chi connectivity index (χ0v) is 15.5. The Bertz CT molecular complexity index is 565. The van der Waals surface area contributed by atoms with Gasteiger partial charge in [0, 0.05) is 0 Å². The summed E-state index contributed by atoms with van der Waals surface area (Å²) in [6.45, 7) is 6.96. The van der Waals surface area contributed by atoms with E-state index in [2.05, 4.69) is 21.3 Å². The molecule has 0 bridgehead atoms. The molecular weight excluding hydrogens is 346 g/mol. The SMILES string of the molecule is C[C@H](N)C(=O)N[C@H](C)C(=O)N[C@H](C)C(=O)N[C@@H](C)C(=O)N[C@@H](C)C(=O)O. The van der Waals surface area contributed by atoms with E-state index < -0.39 is 59.8 Å². The van der Waals surface area contributed by atoms with Crippen molar-refractivity contribution in [1.82, 2.24) is 21.3 Å². The number of amides is 4. The Morgan fingerprint density at radius 2 is 0.885 bits per heavy atom. The van der Waals surface area contributed by atoms with Crippen LogP contribution in [0.4, 0.5) is 0 Å². The molecule has 0 aliphatic rings. The average Bonchev–Trinajstić information content (AvgIpc) is 2.53. The van der Waals surface area contributed by atoms with Gasteiger partial charge in [-0.05, 0) is 34.6 Å². The molecule has 148 valence electrons. The predicted molar refractivity (Wildman–Crippen MR) is 91.7 cm³/mol. The van der Waals surface area contributed by atoms with E-state index in [4.69, 9.17) is 10.8 Å². The largest absolute Gasteiger partial charge is 0.480 e. The van der Waals surface area contributed by atoms with Gasteiger partial charge in [-0.1, -0.05) is 0 Å². The van der Waals surface area contributed by atoms with Crippen LogP contribution in [0.15, 0.2) is 0 Å². The molecule has 0 saturated heterocycles. The molecule has 0 radical (unpaired) electrons. The monoisotopic (exact) mass is 373 g/mol. The lowest BCUT2D eigenvalue weighted by molar-refractivity contribution is -0.141. The summed E-state index contributed by atoms with van der Waals surface area (Å²) in [7, 11) is 0. The molecule has 0 aliphatic carbocycles. The number of carbonyl (C=O) groups is 5. The highest BCUT2D eigenvalue weighted by atomic mass is 16.4. The smallest absolute Gasteiger partial charge is 0.325 e. The second kappa shape index (κ2) is 10.3. The Morgan fingerprint density at radius 1 is 0.615 bits per heavy atom. The van der Waals surface area contributed by atoms with Crippen molar-refractivity contribution in [2.75, 3.05) is 0 Å². The first-order valence-electron chi connectivity index (χ1n) is 8.06. The number of aliphatic carboxylic acids is 1. The van der Waals surface area contributed by atoms with E-state index in [0.29, 0.717) is 0 Å². The predicted octanol–water partition coefficient (Wildman–Crippen LogP) is -2.56. The van der Waals surface area contributed by atoms with Crippen molar-refractivity contribution in [1.29, 1.82) is 0 Å². The first-order chi connectivity index (χ1) is 11.9. The maximum absolute atomic E-state index is 12.0. The van der Waals surface area contributed by atoms with Gasteiger partial charge in [0.05, 0.1) is 6.04 Å². The summed E-state index contributed by atoms with van der Waals surface area (Å²) in [6.07, 6.45) is 0. The molecule has 7 N–H and O–H groups in total. The molecule has 0 rings (SSSR count). The van der Waals surface area contributed by atoms with E-state index in [1.807, 2.05) is 0 Å². The van der Waals surface area contributed by atoms with Crippen molar-refractivity contribution in [2.45, 2.75) is 64.8 Å². The Hall–Kier alpha value is -2.69. The van der Waals surface area contributed by atoms with Crippen molar-refractivity contribution < 1.29 is 29.1 Å². The molecule has 0 heterocycles. The van der Waals surface area contributed by atoms with Gasteiger partial charge >= 0.3 is 5.97 Å². The maximum atomic E-state index is 12.0. The van der Waals surface area contributed by atoms with Crippen LogP contribution in [0.3, 0.4) is 0 Å². The van der Waals surface area contributed by atoms with Gasteiger partial charge in [0.1, 0.15) is 24.2 Å². The third kappa shape index (κ3) is 7.92. The van der Waals surface area contributed by atoms with E-state index in [9.17, 15) is 24.0 Å². The summed E-state index contributed by atoms with van der Waals surface area (Å²) >= 11 is 0. The molecule has 0 unspecified atom stereocenters. The van der Waals surface area contributed by atoms with E-state index >= 15 is 0 Å². The van der Waals surface area contributed by atoms with Crippen LogP contribution in [0.2, 0.25) is 0 Å². The summed E-state index contributed by atoms with van der Waals surface area (Å²) < 4.78 is 0. The number of hydrogen-bond acceptors (Lipinski definition) is 6. The third-order valence-electron chi connectivity index (χ3n) is 3.40. The molecule has 0 aliphatic heterocycles. The minimum atomic E-state index is -1.21. The number of rotatable bonds is 9. The second-order valence-corrected chi connectivity index (χ2v) is 6.05. The van der Waals surface area contributed by atoms with Crippen LogP contribution < -0.4 is 27.0 Å². The molecular formula is C15H27N5O6. The fourth-order valence-electron chi connectivity index (χ4n) is 1.62. The van der Waals surface area contributed by atoms with E-state index in [1.165, 1.54) is 34.6 Å². The molecule has 5 atom stereocenters. The molecule has 0 saturated carbocycles. The molecule has 26 heavy (non-hydrogen) atoms. The van der Waals surface area contributed by atoms with Gasteiger partial charge in [0.2, 0.25) is 23.6 Å². The minimum Gasteiger partial charge on any atom is -0.480 e. The number of nitrogens with one attached hydrogen (secondary N) is 4. The highest BCUT2D eigenvalue weighted by molar-refractivity contribution is 5.94. The van der Waals surface area contributed by atoms with Gasteiger partial charge in [-0.15, -0.1) is 0 Å². The third-order valence-corrected chi connectivity index (χ3v) is 3.40. The topological polar surface area (TPSA) is 180 Å². The Kier molecular flexibility index (Phi) is 9.27. The van der Waals surface area contributed by atoms with Crippen LogP contribution in [-0.4, -0.2) is 64.9 Å². The quantitative estimate of drug-likeness (QED) is 0.257. The standard InChI is InChI=1S/C15H27N5O6/c1-6(16)11(21)17-7(2)12(22)18-8(3)13(23)19-9(4)14(24)20-10(5)15(25)26/h6-10H,16H2,1-5H3,(H,17,21)(H,18,22)(H,19,23)(H,20,24)(H,25,26)/t6-,7+,8+,9-,10-/m0/s1. The zero-order chi connectivity index (χ0) is 20.6. The maximum Gasteiger partial charge on any atom is 0.325 e. The second-order valence-electron chi connectivity index (χ2n) is 6.05. The van der Waals surface area contributed by atoms with E-state index in [0.717, 1.165) is 0 Å². The molecule has 0 aromatic heterocycles. The molecule has 0 aromatic rings. The van der Waals surface area contributed by atoms with Gasteiger partial charge in [-0.2, -0.15) is 0 Å². The summed E-state index contributed by atoms with van der Waals surface area (Å²) in [4.78, 5) is 58.0. The zero-order valence-electron chi connectivity index (χ0n) is 15.5. The van der Waals surface area contributed by atoms with Crippen molar-refractivity contribution in [2.24, 2.45) is 5.73 Å². The normalized spacial score (nSPS) is 16.2. The molecule has 0 spiro atoms. The molecule has 11 nitrogen and oxygen atoms in total. The van der Waals surface area contributed by atoms with Gasteiger partial charge in [0.15, 0.2) is 0 Å². The number of carbonyl (C=O) groups excluding carboxylic acids is 4. The molecule has 11 heteroatoms. The number of nitrogens with two attached hydrogens (primary N) is 1. The molecule has 0 aromatic carbocycles. The lowest BCUT2D eigenvalue weighted by Crippen LogP contribution is -2.56. The van der Waals surface area contributed by atoms with Gasteiger partial charge < -0.3 is 32.1 Å². The number of carboxylic acid groups (broad SMARTS) is 1. The van der Waals surface area contributed by atoms with Crippen LogP contribution in [0.1, 0.15) is 34.6 Å². The lowest BCUT2D eigenvalue weighted by atomic mass is 10.2. The Labute approximate surface area is 151 Å². The number of carboxylic acids is 1. The summed E-state index contributed by atoms with van der Waals surface area (Å²) in [5.74, 6) is -3.64. The van der Waals surface area contributed by atoms with Crippen molar-refractivity contribution in [3.05, 3.63) is 0 Å². The van der Waals surface area contributed by atoms with Crippen LogP contribution in [-0.2, 0) is 24.0 Å². The number of hydrogen-bond donors (Lipinski definition) is 6. The van der Waals surface area contributed by atoms with Gasteiger partial charge in [-0.3, -0.25) is 24.0 Å². The highest BCUT2D eigenvalue weighted by Crippen LogP contribution is 1.92. The van der Waals surface area contributed by atoms with Crippen LogP contribution in [0, 0.1) is 0 Å². The molecule has 4 amide bonds. The summed E-state index contributed by atoms with van der Waals surface area (Å²) in [5, 5.41) is 18.1. The van der Waals surface area contributed by atoms with Crippen molar-refractivity contribution in [3.8, 4) is 0 Å². The van der Waals surface area contributed by atoms with Crippen molar-refractivity contribution >= 4 is 29.6 Å². The van der Waals surface area contributed by atoms with E-state index in [-0.39, 0.29) is 0 Å². The van der Waals surface area contributed by atoms with E-state index in [1.54, 1.807) is 0 Å². The van der Waals surface area contributed by atoms with Crippen LogP contribution >= 0.6 is 0 Å².